The van der Waals surface area contributed by atoms with E-state index in [0.29, 0.717) is 5.56 Å². The highest BCUT2D eigenvalue weighted by molar-refractivity contribution is 6.00. The van der Waals surface area contributed by atoms with Crippen LogP contribution in [-0.2, 0) is 0 Å². The highest BCUT2D eigenvalue weighted by Gasteiger charge is 2.43. The average Bonchev–Trinajstić information content (AvgIpc) is 3.26. The molecule has 0 bridgehead atoms. The number of likely N-dealkylation sites (N-methyl/N-ethyl adjacent to an activating group) is 1. The van der Waals surface area contributed by atoms with Crippen LogP contribution in [0.3, 0.4) is 0 Å². The molecule has 4 heterocycles. The number of carboxylic acid groups (broad SMARTS) is 1. The molecular weight excluding hydrogens is 575 g/mol. The van der Waals surface area contributed by atoms with E-state index in [1.807, 2.05) is 43.3 Å². The van der Waals surface area contributed by atoms with Crippen LogP contribution in [0.15, 0.2) is 42.6 Å². The van der Waals surface area contributed by atoms with Gasteiger partial charge in [0, 0.05) is 43.9 Å². The highest BCUT2D eigenvalue weighted by atomic mass is 19.3. The van der Waals surface area contributed by atoms with Gasteiger partial charge in [-0.05, 0) is 30.3 Å². The zero-order chi connectivity index (χ0) is 31.2. The molecule has 0 unspecified atom stereocenters. The number of fused-ring (bicyclic) bond motifs is 2. The van der Waals surface area contributed by atoms with Crippen LogP contribution in [0.2, 0.25) is 0 Å². The smallest absolute Gasteiger partial charge is 0.407 e. The summed E-state index contributed by atoms with van der Waals surface area (Å²) in [4.78, 5) is 29.7. The zero-order valence-electron chi connectivity index (χ0n) is 24.2. The SMILES string of the molecule is Cc1cccc2cccc(-c3ncc4c(N5CCN(C(=O)O)[C@@H](CC#N)C5)nc(OC[C@@H]5CC(F)(F)CN5C)nc4c3F)c12. The second-order valence-corrected chi connectivity index (χ2v) is 11.4. The number of hydrogen-bond donors (Lipinski definition) is 1. The molecule has 228 valence electrons. The number of aryl methyl sites for hydroxylation is 1. The number of anilines is 1. The van der Waals surface area contributed by atoms with E-state index in [1.54, 1.807) is 18.0 Å². The van der Waals surface area contributed by atoms with E-state index >= 15 is 4.39 Å². The Balaban J connectivity index is 1.45. The molecule has 6 rings (SSSR count). The van der Waals surface area contributed by atoms with Crippen LogP contribution in [0.25, 0.3) is 32.9 Å². The summed E-state index contributed by atoms with van der Waals surface area (Å²) in [5.41, 5.74) is 1.55. The lowest BCUT2D eigenvalue weighted by molar-refractivity contribution is 0.0136. The lowest BCUT2D eigenvalue weighted by atomic mass is 9.97. The number of carbonyl (C=O) groups is 1. The first kappa shape index (κ1) is 29.4. The Kier molecular flexibility index (Phi) is 7.63. The Hall–Kier alpha value is -4.70. The fourth-order valence-corrected chi connectivity index (χ4v) is 6.24. The highest BCUT2D eigenvalue weighted by Crippen LogP contribution is 2.37. The van der Waals surface area contributed by atoms with Gasteiger partial charge in [-0.25, -0.2) is 18.0 Å². The molecule has 44 heavy (non-hydrogen) atoms. The second kappa shape index (κ2) is 11.4. The van der Waals surface area contributed by atoms with Gasteiger partial charge in [0.15, 0.2) is 5.82 Å². The van der Waals surface area contributed by atoms with Crippen molar-refractivity contribution in [3.05, 3.63) is 54.0 Å². The number of nitriles is 1. The Morgan fingerprint density at radius 2 is 1.95 bits per heavy atom. The van der Waals surface area contributed by atoms with Crippen LogP contribution in [0.5, 0.6) is 6.01 Å². The molecule has 0 radical (unpaired) electrons. The van der Waals surface area contributed by atoms with Crippen molar-refractivity contribution in [3.63, 3.8) is 0 Å². The van der Waals surface area contributed by atoms with Gasteiger partial charge in [-0.1, -0.05) is 36.4 Å². The van der Waals surface area contributed by atoms with Crippen molar-refractivity contribution in [2.75, 3.05) is 44.7 Å². The first-order valence-corrected chi connectivity index (χ1v) is 14.2. The van der Waals surface area contributed by atoms with Gasteiger partial charge in [-0.3, -0.25) is 9.88 Å². The predicted molar refractivity (Wildman–Crippen MR) is 157 cm³/mol. The van der Waals surface area contributed by atoms with Gasteiger partial charge in [0.1, 0.15) is 23.6 Å². The summed E-state index contributed by atoms with van der Waals surface area (Å²) in [6.45, 7) is 1.83. The third-order valence-electron chi connectivity index (χ3n) is 8.41. The average molecular weight is 606 g/mol. The molecule has 0 spiro atoms. The molecule has 4 aromatic rings. The van der Waals surface area contributed by atoms with E-state index in [0.717, 1.165) is 16.3 Å². The molecule has 10 nitrogen and oxygen atoms in total. The number of benzene rings is 2. The van der Waals surface area contributed by atoms with E-state index in [9.17, 15) is 23.9 Å². The maximum absolute atomic E-state index is 16.5. The van der Waals surface area contributed by atoms with Crippen molar-refractivity contribution in [2.45, 2.75) is 37.8 Å². The summed E-state index contributed by atoms with van der Waals surface area (Å²) in [6.07, 6.45) is -0.0892. The quantitative estimate of drug-likeness (QED) is 0.321. The maximum atomic E-state index is 16.5. The molecule has 2 aromatic carbocycles. The minimum atomic E-state index is -2.85. The number of piperazine rings is 1. The first-order chi connectivity index (χ1) is 21.1. The van der Waals surface area contributed by atoms with Crippen LogP contribution in [-0.4, -0.2) is 93.8 Å². The topological polar surface area (TPSA) is 119 Å². The van der Waals surface area contributed by atoms with E-state index < -0.39 is 36.5 Å². The van der Waals surface area contributed by atoms with Gasteiger partial charge in [0.2, 0.25) is 0 Å². The molecule has 13 heteroatoms. The lowest BCUT2D eigenvalue weighted by Gasteiger charge is -2.39. The van der Waals surface area contributed by atoms with Crippen LogP contribution < -0.4 is 9.64 Å². The van der Waals surface area contributed by atoms with Crippen molar-refractivity contribution in [1.29, 1.82) is 5.26 Å². The van der Waals surface area contributed by atoms with Gasteiger partial charge in [-0.15, -0.1) is 0 Å². The summed E-state index contributed by atoms with van der Waals surface area (Å²) in [6, 6.07) is 12.0. The van der Waals surface area contributed by atoms with Crippen molar-refractivity contribution >= 4 is 33.6 Å². The second-order valence-electron chi connectivity index (χ2n) is 11.4. The molecule has 0 saturated carbocycles. The Morgan fingerprint density at radius 1 is 1.18 bits per heavy atom. The number of ether oxygens (including phenoxy) is 1. The number of alkyl halides is 2. The van der Waals surface area contributed by atoms with Gasteiger partial charge >= 0.3 is 12.1 Å². The zero-order valence-corrected chi connectivity index (χ0v) is 24.2. The largest absolute Gasteiger partial charge is 0.465 e. The minimum Gasteiger partial charge on any atom is -0.465 e. The van der Waals surface area contributed by atoms with E-state index in [2.05, 4.69) is 15.0 Å². The number of aromatic nitrogens is 3. The van der Waals surface area contributed by atoms with Crippen molar-refractivity contribution in [2.24, 2.45) is 0 Å². The number of amides is 1. The van der Waals surface area contributed by atoms with E-state index in [-0.39, 0.29) is 67.5 Å². The summed E-state index contributed by atoms with van der Waals surface area (Å²) >= 11 is 0. The summed E-state index contributed by atoms with van der Waals surface area (Å²) in [7, 11) is 1.59. The van der Waals surface area contributed by atoms with Crippen molar-refractivity contribution in [1.82, 2.24) is 24.8 Å². The number of hydrogen-bond acceptors (Lipinski definition) is 8. The molecule has 2 saturated heterocycles. The molecule has 2 aliphatic heterocycles. The van der Waals surface area contributed by atoms with E-state index in [4.69, 9.17) is 4.74 Å². The third-order valence-corrected chi connectivity index (χ3v) is 8.41. The summed E-state index contributed by atoms with van der Waals surface area (Å²) in [5, 5.41) is 21.0. The molecule has 0 aliphatic carbocycles. The monoisotopic (exact) mass is 605 g/mol. The fourth-order valence-electron chi connectivity index (χ4n) is 6.24. The third kappa shape index (κ3) is 5.41. The number of pyridine rings is 1. The van der Waals surface area contributed by atoms with Gasteiger partial charge < -0.3 is 19.6 Å². The van der Waals surface area contributed by atoms with Crippen LogP contribution >= 0.6 is 0 Å². The van der Waals surface area contributed by atoms with Gasteiger partial charge in [0.05, 0.1) is 30.5 Å². The molecule has 2 aliphatic rings. The van der Waals surface area contributed by atoms with Crippen LogP contribution in [0.1, 0.15) is 18.4 Å². The fraction of sp³-hybridized carbons (Fsp3) is 0.387. The standard InChI is InChI=1S/C31H30F3N7O3/c1-18-5-3-6-19-7-4-8-22(24(18)19)26-25(32)27-23(14-36-26)28(40-11-12-41(30(42)43)20(15-40)9-10-35)38-29(37-27)44-16-21-13-31(33,34)17-39(21)2/h3-8,14,20-21H,9,11-13,15-17H2,1-2H3,(H,42,43)/t20-,21-/m0/s1. The Labute approximate surface area is 251 Å². The van der Waals surface area contributed by atoms with E-state index in [1.165, 1.54) is 16.0 Å². The van der Waals surface area contributed by atoms with Crippen molar-refractivity contribution < 1.29 is 27.8 Å². The number of likely N-dealkylation sites (tertiary alicyclic amines) is 1. The predicted octanol–water partition coefficient (Wildman–Crippen LogP) is 5.09. The molecule has 1 N–H and O–H groups in total. The number of rotatable bonds is 6. The van der Waals surface area contributed by atoms with Gasteiger partial charge in [-0.2, -0.15) is 15.2 Å². The van der Waals surface area contributed by atoms with Crippen LogP contribution in [0, 0.1) is 24.1 Å². The molecular formula is C31H30F3N7O3. The van der Waals surface area contributed by atoms with Crippen LogP contribution in [0.4, 0.5) is 23.8 Å². The Bertz CT molecular complexity index is 1790. The number of nitrogens with zero attached hydrogens (tertiary/aromatic N) is 7. The molecule has 2 fully saturated rings. The van der Waals surface area contributed by atoms with Crippen molar-refractivity contribution in [3.8, 4) is 23.3 Å². The maximum Gasteiger partial charge on any atom is 0.407 e. The number of halogens is 3. The summed E-state index contributed by atoms with van der Waals surface area (Å²) in [5.74, 6) is -3.29. The van der Waals surface area contributed by atoms with Gasteiger partial charge in [0.25, 0.3) is 5.92 Å². The molecule has 1 amide bonds. The minimum absolute atomic E-state index is 0.0470. The lowest BCUT2D eigenvalue weighted by Crippen LogP contribution is -2.55. The molecule has 2 aromatic heterocycles. The Morgan fingerprint density at radius 3 is 2.66 bits per heavy atom. The summed E-state index contributed by atoms with van der Waals surface area (Å²) < 4.78 is 50.4. The molecule has 2 atom stereocenters. The normalized spacial score (nSPS) is 20.3. The first-order valence-electron chi connectivity index (χ1n) is 14.2.